The average molecular weight is 218 g/mol. The lowest BCUT2D eigenvalue weighted by molar-refractivity contribution is 0.0933. The van der Waals surface area contributed by atoms with Crippen molar-refractivity contribution in [2.24, 2.45) is 0 Å². The molecular weight excluding hydrogens is 204 g/mol. The Bertz CT molecular complexity index is 462. The lowest BCUT2D eigenvalue weighted by atomic mass is 10.0. The summed E-state index contributed by atoms with van der Waals surface area (Å²) < 4.78 is 0. The van der Waals surface area contributed by atoms with Crippen LogP contribution in [0, 0.1) is 0 Å². The summed E-state index contributed by atoms with van der Waals surface area (Å²) in [6.07, 6.45) is 9.89. The Morgan fingerprint density at radius 1 is 1.44 bits per heavy atom. The molecule has 16 heavy (non-hydrogen) atoms. The molecule has 1 aromatic heterocycles. The molecule has 0 aromatic carbocycles. The van der Waals surface area contributed by atoms with E-state index in [1.54, 1.807) is 0 Å². The van der Waals surface area contributed by atoms with Gasteiger partial charge in [-0.25, -0.2) is 0 Å². The second-order valence-electron chi connectivity index (χ2n) is 3.88. The van der Waals surface area contributed by atoms with Gasteiger partial charge in [0.05, 0.1) is 0 Å². The van der Waals surface area contributed by atoms with E-state index in [1.165, 1.54) is 18.5 Å². The van der Waals surface area contributed by atoms with Gasteiger partial charge in [-0.2, -0.15) is 0 Å². The van der Waals surface area contributed by atoms with Gasteiger partial charge in [-0.05, 0) is 19.3 Å². The van der Waals surface area contributed by atoms with Gasteiger partial charge < -0.3 is 10.3 Å². The van der Waals surface area contributed by atoms with Crippen molar-refractivity contribution in [1.82, 2.24) is 10.3 Å². The van der Waals surface area contributed by atoms with Crippen LogP contribution in [0.5, 0.6) is 0 Å². The molecule has 1 aliphatic carbocycles. The van der Waals surface area contributed by atoms with Crippen LogP contribution in [0.1, 0.15) is 29.6 Å². The van der Waals surface area contributed by atoms with Crippen molar-refractivity contribution in [3.8, 4) is 0 Å². The van der Waals surface area contributed by atoms with Gasteiger partial charge in [0.2, 0.25) is 0 Å². The van der Waals surface area contributed by atoms with Crippen LogP contribution in [-0.4, -0.2) is 16.9 Å². The quantitative estimate of drug-likeness (QED) is 0.733. The first-order valence-electron chi connectivity index (χ1n) is 5.40. The molecule has 1 aliphatic rings. The lowest BCUT2D eigenvalue weighted by Gasteiger charge is -2.18. The second kappa shape index (κ2) is 4.79. The number of amides is 1. The summed E-state index contributed by atoms with van der Waals surface area (Å²) in [5.41, 5.74) is -0.0698. The molecule has 0 fully saturated rings. The predicted molar refractivity (Wildman–Crippen MR) is 61.3 cm³/mol. The largest absolute Gasteiger partial charge is 0.367 e. The number of carbonyl (C=O) groups is 1. The van der Waals surface area contributed by atoms with E-state index in [2.05, 4.69) is 22.5 Å². The molecule has 0 spiro atoms. The van der Waals surface area contributed by atoms with E-state index in [-0.39, 0.29) is 22.9 Å². The Labute approximate surface area is 93.4 Å². The van der Waals surface area contributed by atoms with Gasteiger partial charge in [0.1, 0.15) is 5.56 Å². The topological polar surface area (TPSA) is 62.0 Å². The molecule has 0 aliphatic heterocycles. The molecule has 4 heteroatoms. The van der Waals surface area contributed by atoms with E-state index < -0.39 is 0 Å². The minimum Gasteiger partial charge on any atom is -0.367 e. The van der Waals surface area contributed by atoms with E-state index in [0.717, 1.165) is 19.3 Å². The van der Waals surface area contributed by atoms with Gasteiger partial charge in [-0.1, -0.05) is 12.2 Å². The van der Waals surface area contributed by atoms with Crippen molar-refractivity contribution in [2.75, 3.05) is 0 Å². The van der Waals surface area contributed by atoms with Crippen molar-refractivity contribution < 1.29 is 4.79 Å². The summed E-state index contributed by atoms with van der Waals surface area (Å²) >= 11 is 0. The first kappa shape index (κ1) is 10.7. The van der Waals surface area contributed by atoms with Gasteiger partial charge in [0, 0.05) is 24.5 Å². The Kier molecular flexibility index (Phi) is 3.19. The molecule has 0 radical (unpaired) electrons. The number of hydrogen-bond donors (Lipinski definition) is 2. The Morgan fingerprint density at radius 3 is 3.00 bits per heavy atom. The zero-order valence-corrected chi connectivity index (χ0v) is 8.90. The summed E-state index contributed by atoms with van der Waals surface area (Å²) in [4.78, 5) is 25.9. The van der Waals surface area contributed by atoms with Crippen LogP contribution in [0.3, 0.4) is 0 Å². The summed E-state index contributed by atoms with van der Waals surface area (Å²) in [6.45, 7) is 0. The van der Waals surface area contributed by atoms with Crippen LogP contribution >= 0.6 is 0 Å². The smallest absolute Gasteiger partial charge is 0.256 e. The highest BCUT2D eigenvalue weighted by Gasteiger charge is 2.15. The number of hydrogen-bond acceptors (Lipinski definition) is 2. The number of aromatic nitrogens is 1. The zero-order chi connectivity index (χ0) is 11.4. The molecule has 2 rings (SSSR count). The normalized spacial score (nSPS) is 19.4. The number of nitrogens with one attached hydrogen (secondary N) is 2. The fourth-order valence-electron chi connectivity index (χ4n) is 1.78. The summed E-state index contributed by atoms with van der Waals surface area (Å²) in [7, 11) is 0. The minimum absolute atomic E-state index is 0.150. The highest BCUT2D eigenvalue weighted by molar-refractivity contribution is 5.93. The summed E-state index contributed by atoms with van der Waals surface area (Å²) in [6, 6.07) is 1.51. The van der Waals surface area contributed by atoms with Crippen molar-refractivity contribution in [3.63, 3.8) is 0 Å². The minimum atomic E-state index is -0.290. The molecule has 1 unspecified atom stereocenters. The molecule has 1 atom stereocenters. The maximum absolute atomic E-state index is 11.8. The van der Waals surface area contributed by atoms with E-state index in [1.807, 2.05) is 0 Å². The zero-order valence-electron chi connectivity index (χ0n) is 8.90. The van der Waals surface area contributed by atoms with Gasteiger partial charge in [0.15, 0.2) is 5.43 Å². The van der Waals surface area contributed by atoms with Crippen LogP contribution in [0.15, 0.2) is 35.4 Å². The molecular formula is C12H14N2O2. The van der Waals surface area contributed by atoms with Crippen molar-refractivity contribution in [1.29, 1.82) is 0 Å². The highest BCUT2D eigenvalue weighted by atomic mass is 16.2. The van der Waals surface area contributed by atoms with Crippen LogP contribution in [0.4, 0.5) is 0 Å². The van der Waals surface area contributed by atoms with E-state index in [0.29, 0.717) is 0 Å². The maximum Gasteiger partial charge on any atom is 0.256 e. The van der Waals surface area contributed by atoms with Gasteiger partial charge in [-0.15, -0.1) is 0 Å². The number of H-pyrrole nitrogens is 1. The van der Waals surface area contributed by atoms with Crippen molar-refractivity contribution in [2.45, 2.75) is 25.3 Å². The third-order valence-corrected chi connectivity index (χ3v) is 2.67. The Morgan fingerprint density at radius 2 is 2.31 bits per heavy atom. The molecule has 4 nitrogen and oxygen atoms in total. The first-order valence-corrected chi connectivity index (χ1v) is 5.40. The second-order valence-corrected chi connectivity index (χ2v) is 3.88. The standard InChI is InChI=1S/C12H14N2O2/c15-11-6-7-13-8-10(11)12(16)14-9-4-2-1-3-5-9/h1-2,6-9H,3-5H2,(H,13,15)(H,14,16). The van der Waals surface area contributed by atoms with E-state index >= 15 is 0 Å². The number of carbonyl (C=O) groups excluding carboxylic acids is 1. The number of aromatic amines is 1. The van der Waals surface area contributed by atoms with E-state index in [4.69, 9.17) is 0 Å². The third kappa shape index (κ3) is 2.39. The molecule has 0 saturated carbocycles. The maximum atomic E-state index is 11.8. The fraction of sp³-hybridized carbons (Fsp3) is 0.333. The van der Waals surface area contributed by atoms with Crippen LogP contribution in [0.25, 0.3) is 0 Å². The molecule has 0 bridgehead atoms. The summed E-state index contributed by atoms with van der Waals surface area (Å²) in [5, 5.41) is 2.87. The first-order chi connectivity index (χ1) is 7.77. The molecule has 1 amide bonds. The van der Waals surface area contributed by atoms with Crippen molar-refractivity contribution >= 4 is 5.91 Å². The lowest BCUT2D eigenvalue weighted by Crippen LogP contribution is -2.37. The molecule has 1 aromatic rings. The monoisotopic (exact) mass is 218 g/mol. The molecule has 1 heterocycles. The van der Waals surface area contributed by atoms with Crippen LogP contribution in [-0.2, 0) is 0 Å². The molecule has 2 N–H and O–H groups in total. The Balaban J connectivity index is 2.06. The molecule has 0 saturated heterocycles. The summed E-state index contributed by atoms with van der Waals surface area (Å²) in [5.74, 6) is -0.290. The van der Waals surface area contributed by atoms with Crippen molar-refractivity contribution in [3.05, 3.63) is 46.4 Å². The average Bonchev–Trinajstić information content (AvgIpc) is 2.31. The van der Waals surface area contributed by atoms with Gasteiger partial charge >= 0.3 is 0 Å². The Hall–Kier alpha value is -1.84. The SMILES string of the molecule is O=C(NC1CC=CCC1)c1c[nH]ccc1=O. The molecule has 84 valence electrons. The number of allylic oxidation sites excluding steroid dienone is 1. The number of pyridine rings is 1. The van der Waals surface area contributed by atoms with E-state index in [9.17, 15) is 9.59 Å². The number of rotatable bonds is 2. The van der Waals surface area contributed by atoms with Gasteiger partial charge in [0.25, 0.3) is 5.91 Å². The highest BCUT2D eigenvalue weighted by Crippen LogP contribution is 2.10. The predicted octanol–water partition coefficient (Wildman–Crippen LogP) is 1.21. The van der Waals surface area contributed by atoms with Gasteiger partial charge in [-0.3, -0.25) is 9.59 Å². The third-order valence-electron chi connectivity index (χ3n) is 2.67. The fourth-order valence-corrected chi connectivity index (χ4v) is 1.78. The van der Waals surface area contributed by atoms with Crippen LogP contribution in [0.2, 0.25) is 0 Å². The van der Waals surface area contributed by atoms with Crippen LogP contribution < -0.4 is 10.7 Å².